The van der Waals surface area contributed by atoms with Gasteiger partial charge in [-0.3, -0.25) is 9.59 Å². The smallest absolute Gasteiger partial charge is 0.321 e. The van der Waals surface area contributed by atoms with E-state index in [0.717, 1.165) is 0 Å². The zero-order valence-electron chi connectivity index (χ0n) is 15.0. The Morgan fingerprint density at radius 1 is 1.30 bits per heavy atom. The van der Waals surface area contributed by atoms with Gasteiger partial charge >= 0.3 is 5.97 Å². The maximum Gasteiger partial charge on any atom is 0.321 e. The van der Waals surface area contributed by atoms with Crippen molar-refractivity contribution < 1.29 is 27.5 Å². The summed E-state index contributed by atoms with van der Waals surface area (Å²) < 4.78 is 36.9. The first-order valence-electron chi connectivity index (χ1n) is 8.30. The molecule has 0 bridgehead atoms. The SMILES string of the molecule is C[C@@H]1CN(C(=O)COC(=O)CNS(=O)(=O)c2ccccc2C#N)C[C@H](C)O1. The minimum Gasteiger partial charge on any atom is -0.455 e. The number of rotatable bonds is 6. The molecule has 0 spiro atoms. The molecular formula is C17H21N3O6S. The fourth-order valence-corrected chi connectivity index (χ4v) is 3.82. The predicted molar refractivity (Wildman–Crippen MR) is 93.9 cm³/mol. The van der Waals surface area contributed by atoms with Gasteiger partial charge in [-0.25, -0.2) is 8.42 Å². The van der Waals surface area contributed by atoms with Crippen LogP contribution in [-0.2, 0) is 29.1 Å². The Balaban J connectivity index is 1.85. The Labute approximate surface area is 157 Å². The van der Waals surface area contributed by atoms with Crippen LogP contribution in [0.25, 0.3) is 0 Å². The van der Waals surface area contributed by atoms with Gasteiger partial charge in [0.25, 0.3) is 5.91 Å². The van der Waals surface area contributed by atoms with E-state index in [9.17, 15) is 18.0 Å². The Bertz CT molecular complexity index is 838. The highest BCUT2D eigenvalue weighted by Crippen LogP contribution is 2.14. The summed E-state index contributed by atoms with van der Waals surface area (Å²) in [6.45, 7) is 3.36. The van der Waals surface area contributed by atoms with E-state index < -0.39 is 29.1 Å². The Morgan fingerprint density at radius 2 is 1.93 bits per heavy atom. The van der Waals surface area contributed by atoms with Crippen LogP contribution in [0.3, 0.4) is 0 Å². The van der Waals surface area contributed by atoms with Crippen molar-refractivity contribution in [3.05, 3.63) is 29.8 Å². The zero-order chi connectivity index (χ0) is 20.0. The highest BCUT2D eigenvalue weighted by atomic mass is 32.2. The molecule has 0 aromatic heterocycles. The summed E-state index contributed by atoms with van der Waals surface area (Å²) in [6.07, 6.45) is -0.221. The van der Waals surface area contributed by atoms with Crippen LogP contribution in [0.15, 0.2) is 29.2 Å². The molecule has 1 saturated heterocycles. The number of hydrogen-bond donors (Lipinski definition) is 1. The summed E-state index contributed by atoms with van der Waals surface area (Å²) in [5.41, 5.74) is -0.0379. The molecule has 1 aromatic carbocycles. The second kappa shape index (κ2) is 8.94. The van der Waals surface area contributed by atoms with Crippen LogP contribution in [0.2, 0.25) is 0 Å². The topological polar surface area (TPSA) is 126 Å². The third kappa shape index (κ3) is 5.75. The fraction of sp³-hybridized carbons (Fsp3) is 0.471. The Kier molecular flexibility index (Phi) is 6.90. The number of nitrogens with one attached hydrogen (secondary N) is 1. The van der Waals surface area contributed by atoms with Crippen molar-refractivity contribution in [3.8, 4) is 6.07 Å². The van der Waals surface area contributed by atoms with Gasteiger partial charge in [0.05, 0.1) is 22.7 Å². The quantitative estimate of drug-likeness (QED) is 0.673. The number of morpholine rings is 1. The first kappa shape index (κ1) is 20.8. The second-order valence-corrected chi connectivity index (χ2v) is 7.88. The molecule has 1 aliphatic rings. The van der Waals surface area contributed by atoms with Gasteiger partial charge in [0.1, 0.15) is 12.6 Å². The molecule has 1 N–H and O–H groups in total. The summed E-state index contributed by atoms with van der Waals surface area (Å²) in [5.74, 6) is -1.27. The van der Waals surface area contributed by atoms with Crippen LogP contribution >= 0.6 is 0 Å². The summed E-state index contributed by atoms with van der Waals surface area (Å²) in [4.78, 5) is 25.2. The molecule has 146 valence electrons. The van der Waals surface area contributed by atoms with Gasteiger partial charge in [-0.2, -0.15) is 9.98 Å². The summed E-state index contributed by atoms with van der Waals surface area (Å²) in [5, 5.41) is 8.98. The molecule has 1 heterocycles. The average Bonchev–Trinajstić information content (AvgIpc) is 2.63. The van der Waals surface area contributed by atoms with Gasteiger partial charge in [0, 0.05) is 13.1 Å². The first-order chi connectivity index (χ1) is 12.7. The highest BCUT2D eigenvalue weighted by molar-refractivity contribution is 7.89. The maximum absolute atomic E-state index is 12.2. The van der Waals surface area contributed by atoms with E-state index in [0.29, 0.717) is 13.1 Å². The van der Waals surface area contributed by atoms with Crippen molar-refractivity contribution in [2.75, 3.05) is 26.2 Å². The molecule has 1 aromatic rings. The molecular weight excluding hydrogens is 374 g/mol. The molecule has 0 aliphatic carbocycles. The van der Waals surface area contributed by atoms with E-state index in [1.807, 2.05) is 13.8 Å². The van der Waals surface area contributed by atoms with Crippen molar-refractivity contribution >= 4 is 21.9 Å². The Hall–Kier alpha value is -2.48. The van der Waals surface area contributed by atoms with Gasteiger partial charge in [0.15, 0.2) is 6.61 Å². The largest absolute Gasteiger partial charge is 0.455 e. The molecule has 0 unspecified atom stereocenters. The lowest BCUT2D eigenvalue weighted by atomic mass is 10.2. The number of benzene rings is 1. The van der Waals surface area contributed by atoms with Crippen molar-refractivity contribution in [3.63, 3.8) is 0 Å². The molecule has 1 amide bonds. The molecule has 0 saturated carbocycles. The van der Waals surface area contributed by atoms with Crippen LogP contribution in [0.1, 0.15) is 19.4 Å². The monoisotopic (exact) mass is 395 g/mol. The first-order valence-corrected chi connectivity index (χ1v) is 9.79. The van der Waals surface area contributed by atoms with Gasteiger partial charge in [-0.05, 0) is 26.0 Å². The predicted octanol–water partition coefficient (Wildman–Crippen LogP) is 0.0156. The fourth-order valence-electron chi connectivity index (χ4n) is 2.69. The second-order valence-electron chi connectivity index (χ2n) is 6.15. The van der Waals surface area contributed by atoms with Crippen LogP contribution in [0.5, 0.6) is 0 Å². The van der Waals surface area contributed by atoms with Gasteiger partial charge in [-0.15, -0.1) is 0 Å². The minimum absolute atomic E-state index is 0.0379. The minimum atomic E-state index is -4.06. The molecule has 0 radical (unpaired) electrons. The normalized spacial score (nSPS) is 20.0. The van der Waals surface area contributed by atoms with E-state index >= 15 is 0 Å². The lowest BCUT2D eigenvalue weighted by molar-refractivity contribution is -0.156. The van der Waals surface area contributed by atoms with Gasteiger partial charge < -0.3 is 14.4 Å². The number of carbonyl (C=O) groups excluding carboxylic acids is 2. The summed E-state index contributed by atoms with van der Waals surface area (Å²) >= 11 is 0. The number of carbonyl (C=O) groups is 2. The van der Waals surface area contributed by atoms with Crippen LogP contribution < -0.4 is 4.72 Å². The zero-order valence-corrected chi connectivity index (χ0v) is 15.9. The van der Waals surface area contributed by atoms with E-state index in [4.69, 9.17) is 14.7 Å². The molecule has 2 atom stereocenters. The summed E-state index contributed by atoms with van der Waals surface area (Å²) in [6, 6.07) is 7.40. The number of ether oxygens (including phenoxy) is 2. The van der Waals surface area contributed by atoms with E-state index in [2.05, 4.69) is 4.72 Å². The van der Waals surface area contributed by atoms with Crippen molar-refractivity contribution in [1.29, 1.82) is 5.26 Å². The van der Waals surface area contributed by atoms with Crippen molar-refractivity contribution in [1.82, 2.24) is 9.62 Å². The number of amides is 1. The van der Waals surface area contributed by atoms with Crippen LogP contribution in [0.4, 0.5) is 0 Å². The number of sulfonamides is 1. The van der Waals surface area contributed by atoms with Gasteiger partial charge in [-0.1, -0.05) is 12.1 Å². The van der Waals surface area contributed by atoms with Crippen molar-refractivity contribution in [2.24, 2.45) is 0 Å². The van der Waals surface area contributed by atoms with E-state index in [-0.39, 0.29) is 28.6 Å². The highest BCUT2D eigenvalue weighted by Gasteiger charge is 2.26. The number of nitrogens with zero attached hydrogens (tertiary/aromatic N) is 2. The van der Waals surface area contributed by atoms with E-state index in [1.54, 1.807) is 11.0 Å². The molecule has 2 rings (SSSR count). The third-order valence-corrected chi connectivity index (χ3v) is 5.29. The standard InChI is InChI=1S/C17H21N3O6S/c1-12-9-20(10-13(2)26-12)16(21)11-25-17(22)8-19-27(23,24)15-6-4-3-5-14(15)7-18/h3-6,12-13,19H,8-11H2,1-2H3/t12-,13+. The molecule has 27 heavy (non-hydrogen) atoms. The molecule has 10 heteroatoms. The third-order valence-electron chi connectivity index (χ3n) is 3.83. The lowest BCUT2D eigenvalue weighted by Gasteiger charge is -2.35. The number of hydrogen-bond acceptors (Lipinski definition) is 7. The summed E-state index contributed by atoms with van der Waals surface area (Å²) in [7, 11) is -4.06. The molecule has 1 fully saturated rings. The van der Waals surface area contributed by atoms with E-state index in [1.165, 1.54) is 24.3 Å². The molecule has 1 aliphatic heterocycles. The van der Waals surface area contributed by atoms with Crippen LogP contribution in [-0.4, -0.2) is 63.6 Å². The van der Waals surface area contributed by atoms with Gasteiger partial charge in [0.2, 0.25) is 10.0 Å². The average molecular weight is 395 g/mol. The lowest BCUT2D eigenvalue weighted by Crippen LogP contribution is -2.49. The Morgan fingerprint density at radius 3 is 2.56 bits per heavy atom. The maximum atomic E-state index is 12.2. The molecule has 9 nitrogen and oxygen atoms in total. The number of esters is 1. The van der Waals surface area contributed by atoms with Crippen LogP contribution in [0, 0.1) is 11.3 Å². The number of nitriles is 1. The van der Waals surface area contributed by atoms with Crippen molar-refractivity contribution in [2.45, 2.75) is 31.0 Å².